The highest BCUT2D eigenvalue weighted by molar-refractivity contribution is 5.81. The molecule has 1 saturated heterocycles. The summed E-state index contributed by atoms with van der Waals surface area (Å²) in [4.78, 5) is 14.6. The highest BCUT2D eigenvalue weighted by Crippen LogP contribution is 2.34. The number of aryl methyl sites for hydroxylation is 1. The summed E-state index contributed by atoms with van der Waals surface area (Å²) in [5, 5.41) is 7.41. The minimum atomic E-state index is -4.40. The van der Waals surface area contributed by atoms with Gasteiger partial charge >= 0.3 is 6.18 Å². The van der Waals surface area contributed by atoms with Gasteiger partial charge in [-0.15, -0.1) is 0 Å². The van der Waals surface area contributed by atoms with Crippen LogP contribution in [0.4, 0.5) is 13.2 Å². The molecule has 0 aliphatic carbocycles. The molecule has 1 unspecified atom stereocenters. The second kappa shape index (κ2) is 7.34. The Morgan fingerprint density at radius 3 is 2.74 bits per heavy atom. The maximum absolute atomic E-state index is 13.1. The Bertz CT molecular complexity index is 817. The van der Waals surface area contributed by atoms with E-state index in [0.717, 1.165) is 17.7 Å². The van der Waals surface area contributed by atoms with E-state index in [1.165, 1.54) is 11.0 Å². The lowest BCUT2D eigenvalue weighted by molar-refractivity contribution is -0.137. The van der Waals surface area contributed by atoms with Crippen molar-refractivity contribution in [3.63, 3.8) is 0 Å². The first-order valence-corrected chi connectivity index (χ1v) is 8.81. The molecule has 1 N–H and O–H groups in total. The summed E-state index contributed by atoms with van der Waals surface area (Å²) < 4.78 is 40.6. The second-order valence-electron chi connectivity index (χ2n) is 7.07. The van der Waals surface area contributed by atoms with E-state index < -0.39 is 17.8 Å². The minimum absolute atomic E-state index is 0.00218. The number of amides is 1. The van der Waals surface area contributed by atoms with Crippen LogP contribution < -0.4 is 5.32 Å². The lowest BCUT2D eigenvalue weighted by atomic mass is 9.89. The van der Waals surface area contributed by atoms with Crippen molar-refractivity contribution in [2.75, 3.05) is 20.1 Å². The summed E-state index contributed by atoms with van der Waals surface area (Å²) in [5.41, 5.74) is 0.744. The van der Waals surface area contributed by atoms with Gasteiger partial charge in [-0.2, -0.15) is 18.3 Å². The third-order valence-corrected chi connectivity index (χ3v) is 5.31. The van der Waals surface area contributed by atoms with Gasteiger partial charge in [0.15, 0.2) is 0 Å². The van der Waals surface area contributed by atoms with Crippen molar-refractivity contribution in [3.05, 3.63) is 53.3 Å². The fraction of sp³-hybridized carbons (Fsp3) is 0.474. The third kappa shape index (κ3) is 4.00. The zero-order chi connectivity index (χ0) is 19.8. The van der Waals surface area contributed by atoms with Gasteiger partial charge in [0.25, 0.3) is 0 Å². The number of carbonyl (C=O) groups excluding carboxylic acids is 1. The van der Waals surface area contributed by atoms with Crippen LogP contribution in [0.3, 0.4) is 0 Å². The lowest BCUT2D eigenvalue weighted by Crippen LogP contribution is -2.37. The van der Waals surface area contributed by atoms with Crippen molar-refractivity contribution in [1.82, 2.24) is 20.0 Å². The largest absolute Gasteiger partial charge is 0.416 e. The van der Waals surface area contributed by atoms with Crippen molar-refractivity contribution >= 4 is 5.91 Å². The van der Waals surface area contributed by atoms with Crippen LogP contribution in [-0.4, -0.2) is 40.7 Å². The molecule has 0 spiro atoms. The molecule has 1 amide bonds. The lowest BCUT2D eigenvalue weighted by Gasteiger charge is -2.30. The third-order valence-electron chi connectivity index (χ3n) is 5.31. The number of benzene rings is 1. The molecule has 1 aromatic carbocycles. The van der Waals surface area contributed by atoms with Gasteiger partial charge in [0.2, 0.25) is 5.91 Å². The number of nitrogens with one attached hydrogen (secondary N) is 1. The van der Waals surface area contributed by atoms with Crippen LogP contribution in [0.15, 0.2) is 36.7 Å². The van der Waals surface area contributed by atoms with Gasteiger partial charge in [-0.1, -0.05) is 12.1 Å². The SMILES string of the molecule is CC(c1cccc(C(F)(F)F)c1)N(C)C(=O)[C@H]1CNC[C@@H]1c1cnn(C)c1. The molecular weight excluding hydrogens is 357 g/mol. The second-order valence-corrected chi connectivity index (χ2v) is 7.07. The van der Waals surface area contributed by atoms with Gasteiger partial charge in [-0.05, 0) is 30.2 Å². The highest BCUT2D eigenvalue weighted by atomic mass is 19.4. The molecule has 1 aliphatic heterocycles. The quantitative estimate of drug-likeness (QED) is 0.887. The number of halogens is 3. The highest BCUT2D eigenvalue weighted by Gasteiger charge is 2.38. The molecule has 0 radical (unpaired) electrons. The van der Waals surface area contributed by atoms with E-state index in [1.54, 1.807) is 30.9 Å². The van der Waals surface area contributed by atoms with E-state index in [1.807, 2.05) is 13.2 Å². The monoisotopic (exact) mass is 380 g/mol. The Hall–Kier alpha value is -2.35. The molecule has 3 rings (SSSR count). The minimum Gasteiger partial charge on any atom is -0.339 e. The number of hydrogen-bond donors (Lipinski definition) is 1. The van der Waals surface area contributed by atoms with E-state index in [4.69, 9.17) is 0 Å². The Morgan fingerprint density at radius 1 is 1.37 bits per heavy atom. The summed E-state index contributed by atoms with van der Waals surface area (Å²) in [6, 6.07) is 4.68. The Kier molecular flexibility index (Phi) is 5.28. The molecule has 1 aliphatic rings. The average molecular weight is 380 g/mol. The molecule has 1 fully saturated rings. The van der Waals surface area contributed by atoms with E-state index >= 15 is 0 Å². The first kappa shape index (κ1) is 19.4. The Morgan fingerprint density at radius 2 is 2.11 bits per heavy atom. The Balaban J connectivity index is 1.78. The predicted molar refractivity (Wildman–Crippen MR) is 94.9 cm³/mol. The van der Waals surface area contributed by atoms with E-state index in [-0.39, 0.29) is 17.7 Å². The molecule has 0 saturated carbocycles. The molecule has 1 aromatic heterocycles. The average Bonchev–Trinajstić information content (AvgIpc) is 3.27. The van der Waals surface area contributed by atoms with Crippen LogP contribution >= 0.6 is 0 Å². The smallest absolute Gasteiger partial charge is 0.339 e. The number of alkyl halides is 3. The van der Waals surface area contributed by atoms with E-state index in [2.05, 4.69) is 10.4 Å². The predicted octanol–water partition coefficient (Wildman–Crippen LogP) is 2.96. The van der Waals surface area contributed by atoms with Gasteiger partial charge < -0.3 is 10.2 Å². The molecule has 5 nitrogen and oxygen atoms in total. The Labute approximate surface area is 156 Å². The summed E-state index contributed by atoms with van der Waals surface area (Å²) in [7, 11) is 3.47. The van der Waals surface area contributed by atoms with E-state index in [0.29, 0.717) is 18.7 Å². The van der Waals surface area contributed by atoms with Crippen molar-refractivity contribution in [2.45, 2.75) is 25.1 Å². The molecule has 3 atom stereocenters. The summed E-state index contributed by atoms with van der Waals surface area (Å²) in [6.45, 7) is 2.96. The number of hydrogen-bond acceptors (Lipinski definition) is 3. The van der Waals surface area contributed by atoms with E-state index in [9.17, 15) is 18.0 Å². The van der Waals surface area contributed by atoms with Crippen LogP contribution in [0.2, 0.25) is 0 Å². The number of nitrogens with zero attached hydrogens (tertiary/aromatic N) is 3. The standard InChI is InChI=1S/C19H23F3N4O/c1-12(13-5-4-6-15(7-13)19(20,21)22)26(3)18(27)17-10-23-9-16(17)14-8-24-25(2)11-14/h4-8,11-12,16-17,23H,9-10H2,1-3H3/t12?,16-,17+/m1/s1. The molecule has 2 heterocycles. The molecule has 27 heavy (non-hydrogen) atoms. The van der Waals surface area contributed by atoms with Gasteiger partial charge in [-0.3, -0.25) is 9.48 Å². The van der Waals surface area contributed by atoms with Crippen LogP contribution in [0.25, 0.3) is 0 Å². The zero-order valence-corrected chi connectivity index (χ0v) is 15.5. The van der Waals surface area contributed by atoms with Crippen molar-refractivity contribution in [1.29, 1.82) is 0 Å². The fourth-order valence-corrected chi connectivity index (χ4v) is 3.57. The maximum atomic E-state index is 13.1. The van der Waals surface area contributed by atoms with Gasteiger partial charge in [0.1, 0.15) is 0 Å². The van der Waals surface area contributed by atoms with Crippen LogP contribution in [0.1, 0.15) is 35.6 Å². The van der Waals surface area contributed by atoms with Crippen molar-refractivity contribution < 1.29 is 18.0 Å². The molecule has 2 aromatic rings. The van der Waals surface area contributed by atoms with Gasteiger partial charge in [0, 0.05) is 39.3 Å². The zero-order valence-electron chi connectivity index (χ0n) is 15.5. The number of aromatic nitrogens is 2. The molecular formula is C19H23F3N4O. The van der Waals surface area contributed by atoms with Crippen LogP contribution in [0, 0.1) is 5.92 Å². The van der Waals surface area contributed by atoms with Crippen LogP contribution in [0.5, 0.6) is 0 Å². The molecule has 0 bridgehead atoms. The topological polar surface area (TPSA) is 50.2 Å². The number of carbonyl (C=O) groups is 1. The van der Waals surface area contributed by atoms with Crippen molar-refractivity contribution in [2.24, 2.45) is 13.0 Å². The molecule has 146 valence electrons. The first-order chi connectivity index (χ1) is 12.7. The van der Waals surface area contributed by atoms with Gasteiger partial charge in [-0.25, -0.2) is 0 Å². The summed E-state index contributed by atoms with van der Waals surface area (Å²) in [5.74, 6) is -0.353. The first-order valence-electron chi connectivity index (χ1n) is 8.81. The maximum Gasteiger partial charge on any atom is 0.416 e. The normalized spacial score (nSPS) is 21.3. The molecule has 8 heteroatoms. The van der Waals surface area contributed by atoms with Gasteiger partial charge in [0.05, 0.1) is 23.7 Å². The fourth-order valence-electron chi connectivity index (χ4n) is 3.57. The number of rotatable bonds is 4. The van der Waals surface area contributed by atoms with Crippen LogP contribution in [-0.2, 0) is 18.0 Å². The summed E-state index contributed by atoms with van der Waals surface area (Å²) >= 11 is 0. The van der Waals surface area contributed by atoms with Crippen molar-refractivity contribution in [3.8, 4) is 0 Å². The summed E-state index contributed by atoms with van der Waals surface area (Å²) in [6.07, 6.45) is -0.749.